The van der Waals surface area contributed by atoms with Gasteiger partial charge in [-0.15, -0.1) is 0 Å². The molecule has 1 heterocycles. The summed E-state index contributed by atoms with van der Waals surface area (Å²) in [5.74, 6) is 0. The molecule has 0 bridgehead atoms. The first kappa shape index (κ1) is 14.4. The van der Waals surface area contributed by atoms with Crippen molar-refractivity contribution in [2.75, 3.05) is 20.3 Å². The Kier molecular flexibility index (Phi) is 3.87. The number of aromatic nitrogens is 2. The molecule has 0 radical (unpaired) electrons. The van der Waals surface area contributed by atoms with Gasteiger partial charge in [-0.25, -0.2) is 4.79 Å². The predicted molar refractivity (Wildman–Crippen MR) is 83.5 cm³/mol. The summed E-state index contributed by atoms with van der Waals surface area (Å²) in [4.78, 5) is 16.9. The molecular weight excluding hydrogens is 266 g/mol. The summed E-state index contributed by atoms with van der Waals surface area (Å²) in [5.41, 5.74) is 3.21. The number of H-pyrrole nitrogens is 2. The van der Waals surface area contributed by atoms with Gasteiger partial charge in [0.1, 0.15) is 0 Å². The minimum Gasteiger partial charge on any atom is -0.385 e. The minimum atomic E-state index is -0.153. The van der Waals surface area contributed by atoms with Crippen molar-refractivity contribution in [2.24, 2.45) is 5.41 Å². The summed E-state index contributed by atoms with van der Waals surface area (Å²) in [5, 5.41) is 3.62. The molecule has 0 saturated heterocycles. The molecule has 5 nitrogen and oxygen atoms in total. The van der Waals surface area contributed by atoms with Gasteiger partial charge in [0, 0.05) is 26.3 Å². The highest BCUT2D eigenvalue weighted by Gasteiger charge is 2.41. The number of benzene rings is 1. The van der Waals surface area contributed by atoms with E-state index in [0.717, 1.165) is 30.6 Å². The van der Waals surface area contributed by atoms with E-state index in [0.29, 0.717) is 5.41 Å². The standard InChI is InChI=1S/C16H23N3O2/c1-11(17-10-16(5-6-16)7-8-21-2)12-3-4-13-14(9-12)19-15(20)18-13/h3-4,9,11,17H,5-8,10H2,1-2H3,(H2,18,19,20). The fourth-order valence-electron chi connectivity index (χ4n) is 2.82. The number of imidazole rings is 1. The van der Waals surface area contributed by atoms with E-state index in [1.54, 1.807) is 7.11 Å². The van der Waals surface area contributed by atoms with E-state index in [-0.39, 0.29) is 11.7 Å². The molecule has 0 amide bonds. The quantitative estimate of drug-likeness (QED) is 0.732. The van der Waals surface area contributed by atoms with Gasteiger partial charge in [-0.2, -0.15) is 0 Å². The zero-order chi connectivity index (χ0) is 14.9. The first-order valence-corrected chi connectivity index (χ1v) is 7.56. The molecule has 5 heteroatoms. The second-order valence-corrected chi connectivity index (χ2v) is 6.23. The summed E-state index contributed by atoms with van der Waals surface area (Å²) in [6.45, 7) is 4.03. The molecule has 0 aliphatic heterocycles. The molecule has 3 N–H and O–H groups in total. The SMILES string of the molecule is COCCC1(CNC(C)c2ccc3[nH]c(=O)[nH]c3c2)CC1. The van der Waals surface area contributed by atoms with Crippen LogP contribution in [0.25, 0.3) is 11.0 Å². The lowest BCUT2D eigenvalue weighted by atomic mass is 10.0. The number of methoxy groups -OCH3 is 1. The highest BCUT2D eigenvalue weighted by Crippen LogP contribution is 2.48. The molecule has 1 aliphatic carbocycles. The molecule has 1 aromatic heterocycles. The number of ether oxygens (including phenoxy) is 1. The second kappa shape index (κ2) is 5.66. The van der Waals surface area contributed by atoms with Crippen LogP contribution in [-0.2, 0) is 4.74 Å². The third-order valence-electron chi connectivity index (χ3n) is 4.62. The van der Waals surface area contributed by atoms with E-state index in [4.69, 9.17) is 4.74 Å². The van der Waals surface area contributed by atoms with Crippen LogP contribution < -0.4 is 11.0 Å². The molecule has 1 aromatic carbocycles. The fourth-order valence-corrected chi connectivity index (χ4v) is 2.82. The average Bonchev–Trinajstić information content (AvgIpc) is 3.15. The van der Waals surface area contributed by atoms with Gasteiger partial charge in [0.15, 0.2) is 0 Å². The molecule has 21 heavy (non-hydrogen) atoms. The van der Waals surface area contributed by atoms with Gasteiger partial charge in [-0.1, -0.05) is 6.07 Å². The molecular formula is C16H23N3O2. The maximum atomic E-state index is 11.3. The number of nitrogens with one attached hydrogen (secondary N) is 3. The third-order valence-corrected chi connectivity index (χ3v) is 4.62. The highest BCUT2D eigenvalue weighted by atomic mass is 16.5. The Morgan fingerprint density at radius 2 is 2.10 bits per heavy atom. The van der Waals surface area contributed by atoms with Gasteiger partial charge >= 0.3 is 5.69 Å². The van der Waals surface area contributed by atoms with Crippen LogP contribution in [0, 0.1) is 5.41 Å². The largest absolute Gasteiger partial charge is 0.385 e. The number of aromatic amines is 2. The molecule has 1 fully saturated rings. The van der Waals surface area contributed by atoms with Gasteiger partial charge in [0.2, 0.25) is 0 Å². The van der Waals surface area contributed by atoms with Crippen molar-refractivity contribution >= 4 is 11.0 Å². The lowest BCUT2D eigenvalue weighted by Crippen LogP contribution is -2.27. The Morgan fingerprint density at radius 3 is 2.81 bits per heavy atom. The van der Waals surface area contributed by atoms with Crippen LogP contribution in [0.15, 0.2) is 23.0 Å². The molecule has 2 aromatic rings. The van der Waals surface area contributed by atoms with Gasteiger partial charge in [0.25, 0.3) is 0 Å². The van der Waals surface area contributed by atoms with Gasteiger partial charge in [0.05, 0.1) is 11.0 Å². The van der Waals surface area contributed by atoms with Crippen molar-refractivity contribution in [1.82, 2.24) is 15.3 Å². The van der Waals surface area contributed by atoms with Crippen LogP contribution in [0.4, 0.5) is 0 Å². The maximum absolute atomic E-state index is 11.3. The van der Waals surface area contributed by atoms with Gasteiger partial charge in [-0.05, 0) is 49.3 Å². The fraction of sp³-hybridized carbons (Fsp3) is 0.562. The molecule has 1 atom stereocenters. The van der Waals surface area contributed by atoms with E-state index in [1.165, 1.54) is 18.4 Å². The van der Waals surface area contributed by atoms with E-state index < -0.39 is 0 Å². The minimum absolute atomic E-state index is 0.153. The van der Waals surface area contributed by atoms with Gasteiger partial charge in [-0.3, -0.25) is 0 Å². The molecule has 114 valence electrons. The van der Waals surface area contributed by atoms with Crippen LogP contribution in [0.3, 0.4) is 0 Å². The molecule has 1 aliphatic rings. The number of fused-ring (bicyclic) bond motifs is 1. The molecule has 1 saturated carbocycles. The number of rotatable bonds is 7. The van der Waals surface area contributed by atoms with Crippen LogP contribution in [0.2, 0.25) is 0 Å². The highest BCUT2D eigenvalue weighted by molar-refractivity contribution is 5.75. The Labute approximate surface area is 124 Å². The van der Waals surface area contributed by atoms with E-state index in [9.17, 15) is 4.79 Å². The lowest BCUT2D eigenvalue weighted by Gasteiger charge is -2.20. The number of hydrogen-bond donors (Lipinski definition) is 3. The molecule has 1 unspecified atom stereocenters. The normalized spacial score (nSPS) is 18.0. The maximum Gasteiger partial charge on any atom is 0.323 e. The summed E-state index contributed by atoms with van der Waals surface area (Å²) in [6, 6.07) is 6.34. The Morgan fingerprint density at radius 1 is 1.33 bits per heavy atom. The summed E-state index contributed by atoms with van der Waals surface area (Å²) >= 11 is 0. The Balaban J connectivity index is 1.63. The van der Waals surface area contributed by atoms with Crippen LogP contribution >= 0.6 is 0 Å². The Hall–Kier alpha value is -1.59. The van der Waals surface area contributed by atoms with Crippen LogP contribution in [-0.4, -0.2) is 30.2 Å². The number of hydrogen-bond acceptors (Lipinski definition) is 3. The predicted octanol–water partition coefficient (Wildman–Crippen LogP) is 2.32. The zero-order valence-corrected chi connectivity index (χ0v) is 12.7. The van der Waals surface area contributed by atoms with E-state index >= 15 is 0 Å². The van der Waals surface area contributed by atoms with Crippen molar-refractivity contribution in [3.63, 3.8) is 0 Å². The van der Waals surface area contributed by atoms with Crippen molar-refractivity contribution in [2.45, 2.75) is 32.2 Å². The first-order chi connectivity index (χ1) is 10.1. The zero-order valence-electron chi connectivity index (χ0n) is 12.7. The van der Waals surface area contributed by atoms with Crippen LogP contribution in [0.5, 0.6) is 0 Å². The molecule has 0 spiro atoms. The monoisotopic (exact) mass is 289 g/mol. The molecule has 3 rings (SSSR count). The van der Waals surface area contributed by atoms with Gasteiger partial charge < -0.3 is 20.0 Å². The second-order valence-electron chi connectivity index (χ2n) is 6.23. The smallest absolute Gasteiger partial charge is 0.323 e. The summed E-state index contributed by atoms with van der Waals surface area (Å²) in [7, 11) is 1.76. The van der Waals surface area contributed by atoms with E-state index in [1.807, 2.05) is 12.1 Å². The van der Waals surface area contributed by atoms with Crippen LogP contribution in [0.1, 0.15) is 37.8 Å². The Bertz CT molecular complexity index is 669. The summed E-state index contributed by atoms with van der Waals surface area (Å²) < 4.78 is 5.19. The van der Waals surface area contributed by atoms with Crippen molar-refractivity contribution in [3.05, 3.63) is 34.2 Å². The first-order valence-electron chi connectivity index (χ1n) is 7.56. The van der Waals surface area contributed by atoms with Crippen molar-refractivity contribution < 1.29 is 4.74 Å². The van der Waals surface area contributed by atoms with E-state index in [2.05, 4.69) is 28.3 Å². The van der Waals surface area contributed by atoms with Crippen molar-refractivity contribution in [3.8, 4) is 0 Å². The average molecular weight is 289 g/mol. The lowest BCUT2D eigenvalue weighted by molar-refractivity contribution is 0.170. The third kappa shape index (κ3) is 3.19. The topological polar surface area (TPSA) is 69.9 Å². The summed E-state index contributed by atoms with van der Waals surface area (Å²) in [6.07, 6.45) is 3.72. The van der Waals surface area contributed by atoms with Crippen molar-refractivity contribution in [1.29, 1.82) is 0 Å².